The third-order valence-electron chi connectivity index (χ3n) is 3.72. The highest BCUT2D eigenvalue weighted by Crippen LogP contribution is 2.23. The molecule has 0 aromatic rings. The van der Waals surface area contributed by atoms with Crippen LogP contribution >= 0.6 is 0 Å². The molecule has 0 bridgehead atoms. The van der Waals surface area contributed by atoms with Crippen LogP contribution in [0, 0.1) is 5.92 Å². The summed E-state index contributed by atoms with van der Waals surface area (Å²) in [6.07, 6.45) is 5.23. The number of hydrogen-bond acceptors (Lipinski definition) is 3. The van der Waals surface area contributed by atoms with Crippen LogP contribution in [0.5, 0.6) is 0 Å². The quantitative estimate of drug-likeness (QED) is 0.419. The van der Waals surface area contributed by atoms with Crippen LogP contribution in [0.3, 0.4) is 0 Å². The first kappa shape index (κ1) is 16.8. The Morgan fingerprint density at radius 1 is 1.15 bits per heavy atom. The number of amides is 2. The fourth-order valence-corrected chi connectivity index (χ4v) is 2.59. The zero-order valence-electron chi connectivity index (χ0n) is 12.3. The van der Waals surface area contributed by atoms with Crippen molar-refractivity contribution in [3.63, 3.8) is 0 Å². The largest absolute Gasteiger partial charge is 0.481 e. The van der Waals surface area contributed by atoms with Gasteiger partial charge in [-0.15, -0.1) is 0 Å². The maximum Gasteiger partial charge on any atom is 0.315 e. The van der Waals surface area contributed by atoms with Gasteiger partial charge in [0.25, 0.3) is 0 Å². The number of hydrogen-bond donors (Lipinski definition) is 4. The van der Waals surface area contributed by atoms with E-state index in [1.807, 2.05) is 6.92 Å². The number of aliphatic carboxylic acids is 1. The van der Waals surface area contributed by atoms with Gasteiger partial charge in [0.2, 0.25) is 0 Å². The van der Waals surface area contributed by atoms with Gasteiger partial charge < -0.3 is 21.1 Å². The lowest BCUT2D eigenvalue weighted by Crippen LogP contribution is -2.47. The molecule has 20 heavy (non-hydrogen) atoms. The number of rotatable bonds is 7. The molecule has 0 saturated heterocycles. The van der Waals surface area contributed by atoms with Gasteiger partial charge in [-0.2, -0.15) is 0 Å². The number of carboxylic acid groups (broad SMARTS) is 1. The van der Waals surface area contributed by atoms with Crippen molar-refractivity contribution >= 4 is 12.0 Å². The third-order valence-corrected chi connectivity index (χ3v) is 3.72. The minimum Gasteiger partial charge on any atom is -0.481 e. The van der Waals surface area contributed by atoms with E-state index < -0.39 is 11.9 Å². The van der Waals surface area contributed by atoms with E-state index in [0.717, 1.165) is 45.2 Å². The summed E-state index contributed by atoms with van der Waals surface area (Å²) in [6.45, 7) is 4.44. The molecule has 116 valence electrons. The molecule has 6 heteroatoms. The smallest absolute Gasteiger partial charge is 0.315 e. The molecule has 1 saturated carbocycles. The Kier molecular flexibility index (Phi) is 8.02. The van der Waals surface area contributed by atoms with Crippen molar-refractivity contribution in [2.24, 2.45) is 5.92 Å². The minimum absolute atomic E-state index is 0.247. The number of urea groups is 1. The molecule has 6 nitrogen and oxygen atoms in total. The Bertz CT molecular complexity index is 310. The van der Waals surface area contributed by atoms with Gasteiger partial charge >= 0.3 is 12.0 Å². The van der Waals surface area contributed by atoms with Crippen LogP contribution in [-0.4, -0.2) is 42.8 Å². The summed E-state index contributed by atoms with van der Waals surface area (Å²) in [4.78, 5) is 23.0. The van der Waals surface area contributed by atoms with E-state index in [2.05, 4.69) is 16.0 Å². The van der Waals surface area contributed by atoms with Gasteiger partial charge in [0.1, 0.15) is 0 Å². The molecule has 1 aliphatic carbocycles. The highest BCUT2D eigenvalue weighted by atomic mass is 16.4. The maximum atomic E-state index is 11.8. The second-order valence-corrected chi connectivity index (χ2v) is 5.30. The van der Waals surface area contributed by atoms with E-state index in [-0.39, 0.29) is 12.1 Å². The van der Waals surface area contributed by atoms with E-state index in [1.165, 1.54) is 0 Å². The number of carbonyl (C=O) groups is 2. The molecule has 0 heterocycles. The van der Waals surface area contributed by atoms with E-state index in [4.69, 9.17) is 0 Å². The van der Waals surface area contributed by atoms with Crippen molar-refractivity contribution in [2.45, 2.75) is 51.5 Å². The summed E-state index contributed by atoms with van der Waals surface area (Å²) in [5.41, 5.74) is 0. The van der Waals surface area contributed by atoms with Crippen molar-refractivity contribution in [3.05, 3.63) is 0 Å². The monoisotopic (exact) mass is 285 g/mol. The first-order chi connectivity index (χ1) is 9.65. The fraction of sp³-hybridized carbons (Fsp3) is 0.857. The lowest BCUT2D eigenvalue weighted by Gasteiger charge is -2.23. The van der Waals surface area contributed by atoms with Crippen molar-refractivity contribution in [3.8, 4) is 0 Å². The van der Waals surface area contributed by atoms with Crippen molar-refractivity contribution in [1.82, 2.24) is 16.0 Å². The van der Waals surface area contributed by atoms with Crippen molar-refractivity contribution in [2.75, 3.05) is 19.6 Å². The first-order valence-electron chi connectivity index (χ1n) is 7.63. The lowest BCUT2D eigenvalue weighted by molar-refractivity contribution is -0.142. The van der Waals surface area contributed by atoms with Gasteiger partial charge in [0, 0.05) is 12.6 Å². The molecule has 2 amide bonds. The van der Waals surface area contributed by atoms with Gasteiger partial charge in [0.05, 0.1) is 5.92 Å². The Morgan fingerprint density at radius 3 is 2.60 bits per heavy atom. The molecule has 2 unspecified atom stereocenters. The summed E-state index contributed by atoms with van der Waals surface area (Å²) >= 11 is 0. The topological polar surface area (TPSA) is 90.5 Å². The highest BCUT2D eigenvalue weighted by molar-refractivity contribution is 5.76. The molecule has 1 rings (SSSR count). The molecule has 1 fully saturated rings. The van der Waals surface area contributed by atoms with E-state index >= 15 is 0 Å². The Labute approximate surface area is 120 Å². The molecule has 1 aliphatic rings. The maximum absolute atomic E-state index is 11.8. The van der Waals surface area contributed by atoms with Gasteiger partial charge in [-0.05, 0) is 32.4 Å². The van der Waals surface area contributed by atoms with Crippen LogP contribution in [0.4, 0.5) is 4.79 Å². The van der Waals surface area contributed by atoms with Gasteiger partial charge in [0.15, 0.2) is 0 Å². The summed E-state index contributed by atoms with van der Waals surface area (Å²) in [7, 11) is 0. The molecule has 0 aromatic carbocycles. The predicted octanol–water partition coefficient (Wildman–Crippen LogP) is 1.32. The summed E-state index contributed by atoms with van der Waals surface area (Å²) in [5, 5.41) is 18.0. The van der Waals surface area contributed by atoms with Crippen molar-refractivity contribution < 1.29 is 14.7 Å². The Morgan fingerprint density at radius 2 is 1.90 bits per heavy atom. The van der Waals surface area contributed by atoms with Crippen molar-refractivity contribution in [1.29, 1.82) is 0 Å². The molecule has 4 N–H and O–H groups in total. The minimum atomic E-state index is -0.802. The van der Waals surface area contributed by atoms with E-state index in [9.17, 15) is 14.7 Å². The molecule has 0 radical (unpaired) electrons. The van der Waals surface area contributed by atoms with Crippen LogP contribution in [-0.2, 0) is 4.79 Å². The molecular weight excluding hydrogens is 258 g/mol. The molecule has 2 atom stereocenters. The summed E-state index contributed by atoms with van der Waals surface area (Å²) in [5.74, 6) is -1.26. The number of carboxylic acids is 1. The number of nitrogens with one attached hydrogen (secondary N) is 3. The zero-order chi connectivity index (χ0) is 14.8. The van der Waals surface area contributed by atoms with Gasteiger partial charge in [-0.1, -0.05) is 26.2 Å². The standard InChI is InChI=1S/C14H27N3O3/c1-2-15-9-6-10-16-14(20)17-12-8-5-3-4-7-11(12)13(18)19/h11-12,15H,2-10H2,1H3,(H,18,19)(H2,16,17,20). The second-order valence-electron chi connectivity index (χ2n) is 5.30. The molecular formula is C14H27N3O3. The molecule has 0 aromatic heterocycles. The summed E-state index contributed by atoms with van der Waals surface area (Å²) in [6, 6.07) is -0.497. The normalized spacial score (nSPS) is 22.9. The van der Waals surface area contributed by atoms with Crippen LogP contribution in [0.1, 0.15) is 45.4 Å². The van der Waals surface area contributed by atoms with Gasteiger partial charge in [-0.3, -0.25) is 4.79 Å². The molecule has 0 aliphatic heterocycles. The first-order valence-corrected chi connectivity index (χ1v) is 7.63. The Hall–Kier alpha value is -1.30. The van der Waals surface area contributed by atoms with Crippen LogP contribution in [0.2, 0.25) is 0 Å². The van der Waals surface area contributed by atoms with Crippen LogP contribution < -0.4 is 16.0 Å². The molecule has 0 spiro atoms. The van der Waals surface area contributed by atoms with Gasteiger partial charge in [-0.25, -0.2) is 4.79 Å². The Balaban J connectivity index is 2.31. The third kappa shape index (κ3) is 6.23. The predicted molar refractivity (Wildman–Crippen MR) is 77.7 cm³/mol. The van der Waals surface area contributed by atoms with E-state index in [1.54, 1.807) is 0 Å². The van der Waals surface area contributed by atoms with Crippen LogP contribution in [0.15, 0.2) is 0 Å². The fourth-order valence-electron chi connectivity index (χ4n) is 2.59. The van der Waals surface area contributed by atoms with E-state index in [0.29, 0.717) is 13.0 Å². The second kappa shape index (κ2) is 9.58. The summed E-state index contributed by atoms with van der Waals surface area (Å²) < 4.78 is 0. The average Bonchev–Trinajstić information content (AvgIpc) is 2.64. The lowest BCUT2D eigenvalue weighted by atomic mass is 9.95. The zero-order valence-corrected chi connectivity index (χ0v) is 12.3. The average molecular weight is 285 g/mol. The van der Waals surface area contributed by atoms with Crippen LogP contribution in [0.25, 0.3) is 0 Å². The SMILES string of the molecule is CCNCCCNC(=O)NC1CCCCCC1C(=O)O. The highest BCUT2D eigenvalue weighted by Gasteiger charge is 2.30. The number of carbonyl (C=O) groups excluding carboxylic acids is 1.